The summed E-state index contributed by atoms with van der Waals surface area (Å²) in [6.07, 6.45) is 1.23. The van der Waals surface area contributed by atoms with Crippen molar-refractivity contribution in [2.24, 2.45) is 5.73 Å². The molecule has 0 bridgehead atoms. The van der Waals surface area contributed by atoms with Crippen molar-refractivity contribution in [1.82, 2.24) is 4.90 Å². The Morgan fingerprint density at radius 2 is 2.18 bits per heavy atom. The van der Waals surface area contributed by atoms with Crippen molar-refractivity contribution in [1.29, 1.82) is 0 Å². The molecule has 11 heavy (non-hydrogen) atoms. The lowest BCUT2D eigenvalue weighted by Crippen LogP contribution is -2.43. The minimum Gasteiger partial charge on any atom is -0.480 e. The van der Waals surface area contributed by atoms with Crippen LogP contribution in [-0.2, 0) is 4.79 Å². The lowest BCUT2D eigenvalue weighted by Gasteiger charge is -2.17. The molecule has 1 aliphatic rings. The molecule has 1 rings (SSSR count). The number of nitrogens with two attached hydrogens (primary N) is 1. The van der Waals surface area contributed by atoms with Crippen molar-refractivity contribution >= 4 is 12.0 Å². The Bertz CT molecular complexity index is 172. The maximum atomic E-state index is 10.6. The topological polar surface area (TPSA) is 83.6 Å². The number of carboxylic acids is 1. The van der Waals surface area contributed by atoms with Crippen molar-refractivity contribution in [2.45, 2.75) is 18.9 Å². The van der Waals surface area contributed by atoms with Gasteiger partial charge < -0.3 is 15.7 Å². The van der Waals surface area contributed by atoms with Crippen LogP contribution in [0.3, 0.4) is 0 Å². The summed E-state index contributed by atoms with van der Waals surface area (Å²) in [5.74, 6) is -0.971. The highest BCUT2D eigenvalue weighted by Crippen LogP contribution is 2.16. The molecule has 0 spiro atoms. The second-order valence-electron chi connectivity index (χ2n) is 2.53. The third-order valence-electron chi connectivity index (χ3n) is 1.82. The summed E-state index contributed by atoms with van der Waals surface area (Å²) in [6.45, 7) is 0.465. The fraction of sp³-hybridized carbons (Fsp3) is 0.667. The molecule has 5 heteroatoms. The first-order valence-corrected chi connectivity index (χ1v) is 3.42. The van der Waals surface area contributed by atoms with Gasteiger partial charge in [-0.05, 0) is 12.8 Å². The summed E-state index contributed by atoms with van der Waals surface area (Å²) in [5, 5.41) is 8.58. The summed E-state index contributed by atoms with van der Waals surface area (Å²) in [4.78, 5) is 22.3. The highest BCUT2D eigenvalue weighted by molar-refractivity contribution is 5.82. The second kappa shape index (κ2) is 2.77. The molecule has 3 N–H and O–H groups in total. The van der Waals surface area contributed by atoms with Crippen LogP contribution >= 0.6 is 0 Å². The van der Waals surface area contributed by atoms with E-state index < -0.39 is 18.0 Å². The summed E-state index contributed by atoms with van der Waals surface area (Å²) < 4.78 is 0. The molecule has 2 amide bonds. The molecule has 0 aliphatic carbocycles. The summed E-state index contributed by atoms with van der Waals surface area (Å²) in [6, 6.07) is -1.34. The number of aliphatic carboxylic acids is 1. The number of carbonyl (C=O) groups is 2. The van der Waals surface area contributed by atoms with Crippen LogP contribution in [0.2, 0.25) is 0 Å². The summed E-state index contributed by atoms with van der Waals surface area (Å²) in [5.41, 5.74) is 4.95. The average molecular weight is 158 g/mol. The van der Waals surface area contributed by atoms with Crippen molar-refractivity contribution in [3.8, 4) is 0 Å². The van der Waals surface area contributed by atoms with Gasteiger partial charge in [0.25, 0.3) is 0 Å². The first-order valence-electron chi connectivity index (χ1n) is 3.42. The Kier molecular flexibility index (Phi) is 1.98. The molecule has 5 nitrogen and oxygen atoms in total. The third kappa shape index (κ3) is 1.42. The van der Waals surface area contributed by atoms with Crippen molar-refractivity contribution in [3.05, 3.63) is 0 Å². The van der Waals surface area contributed by atoms with E-state index >= 15 is 0 Å². The van der Waals surface area contributed by atoms with Crippen LogP contribution in [0.4, 0.5) is 4.79 Å². The van der Waals surface area contributed by atoms with Gasteiger partial charge in [0.2, 0.25) is 0 Å². The van der Waals surface area contributed by atoms with E-state index in [0.29, 0.717) is 13.0 Å². The van der Waals surface area contributed by atoms with Gasteiger partial charge in [-0.25, -0.2) is 9.59 Å². The molecule has 1 saturated heterocycles. The lowest BCUT2D eigenvalue weighted by atomic mass is 10.2. The zero-order valence-electron chi connectivity index (χ0n) is 5.99. The SMILES string of the molecule is NC(=O)N1CCC[C@@H]1C(=O)O. The van der Waals surface area contributed by atoms with Gasteiger partial charge in [0.15, 0.2) is 0 Å². The van der Waals surface area contributed by atoms with E-state index in [4.69, 9.17) is 10.8 Å². The molecule has 62 valence electrons. The van der Waals surface area contributed by atoms with Crippen LogP contribution < -0.4 is 5.73 Å². The predicted molar refractivity (Wildman–Crippen MR) is 36.9 cm³/mol. The van der Waals surface area contributed by atoms with Gasteiger partial charge in [-0.3, -0.25) is 0 Å². The number of carbonyl (C=O) groups excluding carboxylic acids is 1. The zero-order valence-corrected chi connectivity index (χ0v) is 5.99. The Balaban J connectivity index is 2.65. The fourth-order valence-electron chi connectivity index (χ4n) is 1.29. The normalized spacial score (nSPS) is 23.6. The number of nitrogens with zero attached hydrogens (tertiary/aromatic N) is 1. The smallest absolute Gasteiger partial charge is 0.326 e. The van der Waals surface area contributed by atoms with Crippen molar-refractivity contribution in [3.63, 3.8) is 0 Å². The maximum absolute atomic E-state index is 10.6. The Morgan fingerprint density at radius 3 is 2.55 bits per heavy atom. The minimum atomic E-state index is -0.971. The van der Waals surface area contributed by atoms with Crippen molar-refractivity contribution in [2.75, 3.05) is 6.54 Å². The van der Waals surface area contributed by atoms with Crippen molar-refractivity contribution < 1.29 is 14.7 Å². The number of amides is 2. The van der Waals surface area contributed by atoms with Crippen LogP contribution in [0.5, 0.6) is 0 Å². The second-order valence-corrected chi connectivity index (χ2v) is 2.53. The summed E-state index contributed by atoms with van der Waals surface area (Å²) >= 11 is 0. The molecule has 1 fully saturated rings. The highest BCUT2D eigenvalue weighted by Gasteiger charge is 2.32. The van der Waals surface area contributed by atoms with E-state index in [1.54, 1.807) is 0 Å². The number of rotatable bonds is 1. The molecule has 0 aromatic heterocycles. The quantitative estimate of drug-likeness (QED) is 0.545. The van der Waals surface area contributed by atoms with Crippen LogP contribution in [0.1, 0.15) is 12.8 Å². The molecular weight excluding hydrogens is 148 g/mol. The van der Waals surface area contributed by atoms with E-state index in [1.165, 1.54) is 4.90 Å². The Morgan fingerprint density at radius 1 is 1.55 bits per heavy atom. The predicted octanol–water partition coefficient (Wildman–Crippen LogP) is -0.386. The Labute approximate surface area is 63.8 Å². The average Bonchev–Trinajstić information content (AvgIpc) is 2.32. The number of carboxylic acid groups (broad SMARTS) is 1. The first kappa shape index (κ1) is 7.84. The van der Waals surface area contributed by atoms with Crippen LogP contribution in [0, 0.1) is 0 Å². The Hall–Kier alpha value is -1.26. The number of primary amides is 1. The molecule has 0 aromatic carbocycles. The number of likely N-dealkylation sites (tertiary alicyclic amines) is 1. The van der Waals surface area contributed by atoms with Crippen LogP contribution in [0.15, 0.2) is 0 Å². The van der Waals surface area contributed by atoms with Crippen LogP contribution in [-0.4, -0.2) is 34.6 Å². The van der Waals surface area contributed by atoms with Crippen LogP contribution in [0.25, 0.3) is 0 Å². The van der Waals surface area contributed by atoms with E-state index in [1.807, 2.05) is 0 Å². The molecule has 1 heterocycles. The molecule has 0 aromatic rings. The standard InChI is InChI=1S/C6H10N2O3/c7-6(11)8-3-1-2-4(8)5(9)10/h4H,1-3H2,(H2,7,11)(H,9,10)/t4-/m1/s1. The maximum Gasteiger partial charge on any atom is 0.326 e. The minimum absolute atomic E-state index is 0.465. The third-order valence-corrected chi connectivity index (χ3v) is 1.82. The van der Waals surface area contributed by atoms with E-state index in [-0.39, 0.29) is 0 Å². The van der Waals surface area contributed by atoms with Gasteiger partial charge in [0, 0.05) is 6.54 Å². The van der Waals surface area contributed by atoms with Gasteiger partial charge in [-0.2, -0.15) is 0 Å². The highest BCUT2D eigenvalue weighted by atomic mass is 16.4. The van der Waals surface area contributed by atoms with Gasteiger partial charge in [-0.1, -0.05) is 0 Å². The molecule has 0 radical (unpaired) electrons. The van der Waals surface area contributed by atoms with E-state index in [2.05, 4.69) is 0 Å². The lowest BCUT2D eigenvalue weighted by molar-refractivity contribution is -0.141. The fourth-order valence-corrected chi connectivity index (χ4v) is 1.29. The molecule has 1 atom stereocenters. The molecular formula is C6H10N2O3. The molecule has 1 aliphatic heterocycles. The molecule has 0 saturated carbocycles. The van der Waals surface area contributed by atoms with Gasteiger partial charge in [-0.15, -0.1) is 0 Å². The largest absolute Gasteiger partial charge is 0.480 e. The number of hydrogen-bond acceptors (Lipinski definition) is 2. The monoisotopic (exact) mass is 158 g/mol. The molecule has 0 unspecified atom stereocenters. The van der Waals surface area contributed by atoms with Gasteiger partial charge in [0.05, 0.1) is 0 Å². The number of urea groups is 1. The first-order chi connectivity index (χ1) is 5.13. The van der Waals surface area contributed by atoms with E-state index in [0.717, 1.165) is 6.42 Å². The van der Waals surface area contributed by atoms with E-state index in [9.17, 15) is 9.59 Å². The zero-order chi connectivity index (χ0) is 8.43. The van der Waals surface area contributed by atoms with Gasteiger partial charge in [0.1, 0.15) is 6.04 Å². The van der Waals surface area contributed by atoms with Gasteiger partial charge >= 0.3 is 12.0 Å². The summed E-state index contributed by atoms with van der Waals surface area (Å²) in [7, 11) is 0. The number of hydrogen-bond donors (Lipinski definition) is 2.